The maximum absolute atomic E-state index is 12.1. The number of rotatable bonds is 3. The van der Waals surface area contributed by atoms with E-state index < -0.39 is 0 Å². The Balaban J connectivity index is 1.70. The largest absolute Gasteiger partial charge is 0.347 e. The third-order valence-corrected chi connectivity index (χ3v) is 4.43. The first kappa shape index (κ1) is 15.8. The van der Waals surface area contributed by atoms with Gasteiger partial charge in [-0.2, -0.15) is 0 Å². The molecule has 118 valence electrons. The van der Waals surface area contributed by atoms with E-state index in [1.54, 1.807) is 11.8 Å². The van der Waals surface area contributed by atoms with Gasteiger partial charge in [0, 0.05) is 39.0 Å². The molecule has 2 aliphatic rings. The minimum Gasteiger partial charge on any atom is -0.347 e. The SMILES string of the molecule is CC(=O)N1CCC(C(=O)NCC(=O)N2CCCCC2)CC1. The highest BCUT2D eigenvalue weighted by atomic mass is 16.2. The molecule has 6 heteroatoms. The average Bonchev–Trinajstić information content (AvgIpc) is 2.53. The summed E-state index contributed by atoms with van der Waals surface area (Å²) in [5.74, 6) is -0.0447. The lowest BCUT2D eigenvalue weighted by Gasteiger charge is -2.31. The van der Waals surface area contributed by atoms with Crippen LogP contribution in [0.5, 0.6) is 0 Å². The quantitative estimate of drug-likeness (QED) is 0.818. The monoisotopic (exact) mass is 295 g/mol. The van der Waals surface area contributed by atoms with Crippen LogP contribution in [0.25, 0.3) is 0 Å². The van der Waals surface area contributed by atoms with E-state index in [0.717, 1.165) is 25.9 Å². The summed E-state index contributed by atoms with van der Waals surface area (Å²) < 4.78 is 0. The Morgan fingerprint density at radius 2 is 1.57 bits per heavy atom. The Kier molecular flexibility index (Phi) is 5.59. The Bertz CT molecular complexity index is 397. The van der Waals surface area contributed by atoms with Crippen molar-refractivity contribution in [3.05, 3.63) is 0 Å². The standard InChI is InChI=1S/C15H25N3O3/c1-12(19)17-9-5-13(6-10-17)15(21)16-11-14(20)18-7-3-2-4-8-18/h13H,2-11H2,1H3,(H,16,21). The number of carbonyl (C=O) groups is 3. The number of piperidine rings is 2. The summed E-state index contributed by atoms with van der Waals surface area (Å²) in [5.41, 5.74) is 0. The molecule has 0 atom stereocenters. The molecule has 2 rings (SSSR count). The van der Waals surface area contributed by atoms with E-state index in [1.807, 2.05) is 4.90 Å². The van der Waals surface area contributed by atoms with Crippen LogP contribution >= 0.6 is 0 Å². The fraction of sp³-hybridized carbons (Fsp3) is 0.800. The van der Waals surface area contributed by atoms with Crippen LogP contribution in [-0.2, 0) is 14.4 Å². The number of amides is 3. The van der Waals surface area contributed by atoms with Gasteiger partial charge < -0.3 is 15.1 Å². The van der Waals surface area contributed by atoms with Crippen LogP contribution < -0.4 is 5.32 Å². The van der Waals surface area contributed by atoms with Crippen LogP contribution in [0, 0.1) is 5.92 Å². The first-order valence-electron chi connectivity index (χ1n) is 7.89. The van der Waals surface area contributed by atoms with Crippen molar-refractivity contribution in [2.75, 3.05) is 32.7 Å². The summed E-state index contributed by atoms with van der Waals surface area (Å²) in [6, 6.07) is 0. The van der Waals surface area contributed by atoms with E-state index in [2.05, 4.69) is 5.32 Å². The molecule has 0 radical (unpaired) electrons. The lowest BCUT2D eigenvalue weighted by Crippen LogP contribution is -2.46. The summed E-state index contributed by atoms with van der Waals surface area (Å²) >= 11 is 0. The molecular formula is C15H25N3O3. The number of likely N-dealkylation sites (tertiary alicyclic amines) is 2. The first-order valence-corrected chi connectivity index (χ1v) is 7.89. The molecule has 0 unspecified atom stereocenters. The molecule has 2 saturated heterocycles. The summed E-state index contributed by atoms with van der Waals surface area (Å²) in [4.78, 5) is 38.9. The second kappa shape index (κ2) is 7.43. The molecule has 0 spiro atoms. The van der Waals surface area contributed by atoms with E-state index in [0.29, 0.717) is 25.9 Å². The van der Waals surface area contributed by atoms with Crippen molar-refractivity contribution >= 4 is 17.7 Å². The van der Waals surface area contributed by atoms with Gasteiger partial charge in [0.25, 0.3) is 0 Å². The number of hydrogen-bond acceptors (Lipinski definition) is 3. The molecule has 0 saturated carbocycles. The van der Waals surface area contributed by atoms with Crippen LogP contribution in [-0.4, -0.2) is 60.2 Å². The molecule has 2 heterocycles. The second-order valence-corrected chi connectivity index (χ2v) is 5.94. The zero-order valence-electron chi connectivity index (χ0n) is 12.8. The van der Waals surface area contributed by atoms with E-state index >= 15 is 0 Å². The van der Waals surface area contributed by atoms with Gasteiger partial charge in [-0.15, -0.1) is 0 Å². The van der Waals surface area contributed by atoms with Crippen molar-refractivity contribution in [1.29, 1.82) is 0 Å². The highest BCUT2D eigenvalue weighted by molar-refractivity contribution is 5.86. The van der Waals surface area contributed by atoms with Crippen molar-refractivity contribution < 1.29 is 14.4 Å². The van der Waals surface area contributed by atoms with Crippen LogP contribution in [0.1, 0.15) is 39.0 Å². The highest BCUT2D eigenvalue weighted by Gasteiger charge is 2.26. The molecule has 21 heavy (non-hydrogen) atoms. The predicted molar refractivity (Wildman–Crippen MR) is 78.4 cm³/mol. The summed E-state index contributed by atoms with van der Waals surface area (Å²) in [5, 5.41) is 2.76. The van der Waals surface area contributed by atoms with Gasteiger partial charge in [0.1, 0.15) is 0 Å². The van der Waals surface area contributed by atoms with Crippen molar-refractivity contribution in [1.82, 2.24) is 15.1 Å². The number of hydrogen-bond donors (Lipinski definition) is 1. The van der Waals surface area contributed by atoms with Crippen molar-refractivity contribution in [3.8, 4) is 0 Å². The Morgan fingerprint density at radius 1 is 0.952 bits per heavy atom. The van der Waals surface area contributed by atoms with Gasteiger partial charge in [-0.3, -0.25) is 14.4 Å². The van der Waals surface area contributed by atoms with Crippen molar-refractivity contribution in [2.45, 2.75) is 39.0 Å². The fourth-order valence-electron chi connectivity index (χ4n) is 3.02. The van der Waals surface area contributed by atoms with Crippen molar-refractivity contribution in [2.24, 2.45) is 5.92 Å². The zero-order chi connectivity index (χ0) is 15.2. The summed E-state index contributed by atoms with van der Waals surface area (Å²) in [6.07, 6.45) is 4.67. The third kappa shape index (κ3) is 4.44. The van der Waals surface area contributed by atoms with Gasteiger partial charge >= 0.3 is 0 Å². The minimum atomic E-state index is -0.0743. The summed E-state index contributed by atoms with van der Waals surface area (Å²) in [6.45, 7) is 4.54. The second-order valence-electron chi connectivity index (χ2n) is 5.94. The average molecular weight is 295 g/mol. The summed E-state index contributed by atoms with van der Waals surface area (Å²) in [7, 11) is 0. The lowest BCUT2D eigenvalue weighted by atomic mass is 9.96. The molecule has 0 aromatic heterocycles. The van der Waals surface area contributed by atoms with E-state index in [9.17, 15) is 14.4 Å². The number of nitrogens with one attached hydrogen (secondary N) is 1. The van der Waals surface area contributed by atoms with E-state index in [4.69, 9.17) is 0 Å². The molecule has 0 aromatic carbocycles. The molecule has 1 N–H and O–H groups in total. The van der Waals surface area contributed by atoms with Gasteiger partial charge in [0.05, 0.1) is 6.54 Å². The molecule has 0 aliphatic carbocycles. The van der Waals surface area contributed by atoms with E-state index in [-0.39, 0.29) is 30.2 Å². The van der Waals surface area contributed by atoms with Gasteiger partial charge in [0.2, 0.25) is 17.7 Å². The smallest absolute Gasteiger partial charge is 0.241 e. The normalized spacial score (nSPS) is 20.2. The molecule has 2 fully saturated rings. The minimum absolute atomic E-state index is 0.0178. The maximum atomic E-state index is 12.1. The van der Waals surface area contributed by atoms with Crippen LogP contribution in [0.15, 0.2) is 0 Å². The lowest BCUT2D eigenvalue weighted by molar-refractivity contribution is -0.136. The van der Waals surface area contributed by atoms with E-state index in [1.165, 1.54) is 6.42 Å². The van der Waals surface area contributed by atoms with Gasteiger partial charge in [0.15, 0.2) is 0 Å². The Hall–Kier alpha value is -1.59. The molecular weight excluding hydrogens is 270 g/mol. The van der Waals surface area contributed by atoms with Crippen LogP contribution in [0.4, 0.5) is 0 Å². The maximum Gasteiger partial charge on any atom is 0.241 e. The van der Waals surface area contributed by atoms with Crippen molar-refractivity contribution in [3.63, 3.8) is 0 Å². The molecule has 6 nitrogen and oxygen atoms in total. The topological polar surface area (TPSA) is 69.7 Å². The zero-order valence-corrected chi connectivity index (χ0v) is 12.8. The molecule has 0 aromatic rings. The fourth-order valence-corrected chi connectivity index (χ4v) is 3.02. The predicted octanol–water partition coefficient (Wildman–Crippen LogP) is 0.374. The third-order valence-electron chi connectivity index (χ3n) is 4.43. The van der Waals surface area contributed by atoms with Gasteiger partial charge in [-0.05, 0) is 32.1 Å². The molecule has 3 amide bonds. The molecule has 0 bridgehead atoms. The first-order chi connectivity index (χ1) is 10.1. The number of nitrogens with zero attached hydrogens (tertiary/aromatic N) is 2. The van der Waals surface area contributed by atoms with Gasteiger partial charge in [-0.25, -0.2) is 0 Å². The Morgan fingerprint density at radius 3 is 2.14 bits per heavy atom. The van der Waals surface area contributed by atoms with Crippen LogP contribution in [0.2, 0.25) is 0 Å². The van der Waals surface area contributed by atoms with Gasteiger partial charge in [-0.1, -0.05) is 0 Å². The Labute approximate surface area is 125 Å². The highest BCUT2D eigenvalue weighted by Crippen LogP contribution is 2.17. The van der Waals surface area contributed by atoms with Crippen LogP contribution in [0.3, 0.4) is 0 Å². The molecule has 2 aliphatic heterocycles. The number of carbonyl (C=O) groups excluding carboxylic acids is 3.